The molecule has 3 nitrogen and oxygen atoms in total. The Kier molecular flexibility index (Phi) is 2.73. The zero-order chi connectivity index (χ0) is 9.14. The predicted molar refractivity (Wildman–Crippen MR) is 47.3 cm³/mol. The van der Waals surface area contributed by atoms with Gasteiger partial charge in [0.15, 0.2) is 0 Å². The molecule has 0 unspecified atom stereocenters. The quantitative estimate of drug-likeness (QED) is 0.525. The molecule has 0 aliphatic rings. The van der Waals surface area contributed by atoms with E-state index in [0.717, 1.165) is 5.56 Å². The molecule has 0 aliphatic heterocycles. The minimum Gasteiger partial charge on any atom is -0.508 e. The average molecular weight is 166 g/mol. The average Bonchev–Trinajstić information content (AvgIpc) is 2.03. The number of hydrogen-bond acceptors (Lipinski definition) is 3. The second-order valence-corrected chi connectivity index (χ2v) is 2.61. The molecule has 1 rings (SSSR count). The van der Waals surface area contributed by atoms with Gasteiger partial charge in [0.05, 0.1) is 0 Å². The first-order chi connectivity index (χ1) is 5.65. The van der Waals surface area contributed by atoms with Crippen molar-refractivity contribution in [3.63, 3.8) is 0 Å². The van der Waals surface area contributed by atoms with Gasteiger partial charge in [-0.25, -0.2) is 0 Å². The van der Waals surface area contributed by atoms with Crippen LogP contribution in [0.1, 0.15) is 12.5 Å². The number of aromatic hydroxyl groups is 1. The van der Waals surface area contributed by atoms with Crippen LogP contribution in [0.3, 0.4) is 0 Å². The van der Waals surface area contributed by atoms with Crippen LogP contribution in [-0.4, -0.2) is 22.3 Å². The highest BCUT2D eigenvalue weighted by Crippen LogP contribution is 2.09. The molecule has 0 aromatic heterocycles. The minimum atomic E-state index is -1.46. The van der Waals surface area contributed by atoms with Crippen molar-refractivity contribution < 1.29 is 15.2 Å². The van der Waals surface area contributed by atoms with Gasteiger partial charge in [-0.15, -0.1) is 0 Å². The van der Waals surface area contributed by atoms with Gasteiger partial charge in [0.25, 0.3) is 0 Å². The highest BCUT2D eigenvalue weighted by molar-refractivity contribution is 6.59. The number of phenols is 1. The maximum absolute atomic E-state index is 9.09. The molecule has 0 spiro atoms. The summed E-state index contributed by atoms with van der Waals surface area (Å²) >= 11 is 0. The van der Waals surface area contributed by atoms with Crippen LogP contribution in [0.2, 0.25) is 0 Å². The van der Waals surface area contributed by atoms with Crippen LogP contribution in [0.15, 0.2) is 18.2 Å². The standard InChI is InChI=1S/C8H11BO3/c1-2-6-5-7(10)3-4-8(6)9(11)12/h3-5,10-12H,2H2,1H3. The largest absolute Gasteiger partial charge is 0.508 e. The SMILES string of the molecule is CCc1cc(O)ccc1B(O)O. The van der Waals surface area contributed by atoms with E-state index in [-0.39, 0.29) is 5.75 Å². The van der Waals surface area contributed by atoms with E-state index in [1.54, 1.807) is 0 Å². The molecule has 1 aromatic carbocycles. The lowest BCUT2D eigenvalue weighted by atomic mass is 9.76. The summed E-state index contributed by atoms with van der Waals surface area (Å²) in [4.78, 5) is 0. The van der Waals surface area contributed by atoms with Gasteiger partial charge in [0.2, 0.25) is 0 Å². The Balaban J connectivity index is 3.11. The van der Waals surface area contributed by atoms with E-state index in [0.29, 0.717) is 11.9 Å². The Labute approximate surface area is 71.4 Å². The third kappa shape index (κ3) is 1.78. The van der Waals surface area contributed by atoms with Gasteiger partial charge < -0.3 is 15.2 Å². The number of aryl methyl sites for hydroxylation is 1. The smallest absolute Gasteiger partial charge is 0.488 e. The van der Waals surface area contributed by atoms with Crippen LogP contribution >= 0.6 is 0 Å². The molecule has 0 heterocycles. The summed E-state index contributed by atoms with van der Waals surface area (Å²) in [6, 6.07) is 4.49. The molecule has 1 aromatic rings. The maximum Gasteiger partial charge on any atom is 0.488 e. The zero-order valence-corrected chi connectivity index (χ0v) is 6.86. The molecule has 4 heteroatoms. The molecule has 12 heavy (non-hydrogen) atoms. The Morgan fingerprint density at radius 3 is 2.50 bits per heavy atom. The maximum atomic E-state index is 9.09. The first-order valence-electron chi connectivity index (χ1n) is 3.83. The van der Waals surface area contributed by atoms with Gasteiger partial charge in [-0.2, -0.15) is 0 Å². The minimum absolute atomic E-state index is 0.149. The summed E-state index contributed by atoms with van der Waals surface area (Å²) in [5.41, 5.74) is 1.21. The van der Waals surface area contributed by atoms with Crippen molar-refractivity contribution in [2.75, 3.05) is 0 Å². The fraction of sp³-hybridized carbons (Fsp3) is 0.250. The summed E-state index contributed by atoms with van der Waals surface area (Å²) in [6.45, 7) is 1.89. The lowest BCUT2D eigenvalue weighted by Gasteiger charge is -2.06. The van der Waals surface area contributed by atoms with E-state index in [1.807, 2.05) is 6.92 Å². The van der Waals surface area contributed by atoms with Crippen LogP contribution in [0, 0.1) is 0 Å². The Hall–Kier alpha value is -0.995. The van der Waals surface area contributed by atoms with Crippen LogP contribution in [0.25, 0.3) is 0 Å². The lowest BCUT2D eigenvalue weighted by Crippen LogP contribution is -2.32. The second-order valence-electron chi connectivity index (χ2n) is 2.61. The Morgan fingerprint density at radius 2 is 2.00 bits per heavy atom. The molecule has 3 N–H and O–H groups in total. The highest BCUT2D eigenvalue weighted by atomic mass is 16.4. The molecule has 0 amide bonds. The summed E-state index contributed by atoms with van der Waals surface area (Å²) in [7, 11) is -1.46. The zero-order valence-electron chi connectivity index (χ0n) is 6.86. The number of hydrogen-bond donors (Lipinski definition) is 3. The van der Waals surface area contributed by atoms with Gasteiger partial charge in [-0.3, -0.25) is 0 Å². The summed E-state index contributed by atoms with van der Waals surface area (Å²) in [5, 5.41) is 26.9. The summed E-state index contributed by atoms with van der Waals surface area (Å²) in [6.07, 6.45) is 0.668. The first-order valence-corrected chi connectivity index (χ1v) is 3.83. The molecule has 0 radical (unpaired) electrons. The monoisotopic (exact) mass is 166 g/mol. The van der Waals surface area contributed by atoms with Crippen molar-refractivity contribution in [2.45, 2.75) is 13.3 Å². The highest BCUT2D eigenvalue weighted by Gasteiger charge is 2.14. The Morgan fingerprint density at radius 1 is 1.33 bits per heavy atom. The van der Waals surface area contributed by atoms with Crippen LogP contribution in [0.4, 0.5) is 0 Å². The normalized spacial score (nSPS) is 9.92. The van der Waals surface area contributed by atoms with E-state index >= 15 is 0 Å². The lowest BCUT2D eigenvalue weighted by molar-refractivity contribution is 0.425. The summed E-state index contributed by atoms with van der Waals surface area (Å²) < 4.78 is 0. The number of phenolic OH excluding ortho intramolecular Hbond substituents is 1. The topological polar surface area (TPSA) is 60.7 Å². The molecule has 64 valence electrons. The first kappa shape index (κ1) is 9.10. The van der Waals surface area contributed by atoms with Gasteiger partial charge >= 0.3 is 7.12 Å². The van der Waals surface area contributed by atoms with Crippen LogP contribution in [-0.2, 0) is 6.42 Å². The van der Waals surface area contributed by atoms with Crippen molar-refractivity contribution in [1.29, 1.82) is 0 Å². The van der Waals surface area contributed by atoms with Crippen molar-refractivity contribution >= 4 is 12.6 Å². The molecule has 0 aliphatic carbocycles. The van der Waals surface area contributed by atoms with E-state index in [2.05, 4.69) is 0 Å². The van der Waals surface area contributed by atoms with E-state index < -0.39 is 7.12 Å². The molecule has 0 saturated heterocycles. The van der Waals surface area contributed by atoms with Crippen molar-refractivity contribution in [1.82, 2.24) is 0 Å². The van der Waals surface area contributed by atoms with Crippen molar-refractivity contribution in [3.05, 3.63) is 23.8 Å². The molecule has 0 atom stereocenters. The van der Waals surface area contributed by atoms with Gasteiger partial charge in [-0.1, -0.05) is 13.0 Å². The molecule has 0 saturated carbocycles. The van der Waals surface area contributed by atoms with Crippen LogP contribution in [0.5, 0.6) is 5.75 Å². The molecule has 0 bridgehead atoms. The van der Waals surface area contributed by atoms with Gasteiger partial charge in [0.1, 0.15) is 5.75 Å². The number of rotatable bonds is 2. The van der Waals surface area contributed by atoms with Gasteiger partial charge in [-0.05, 0) is 29.6 Å². The van der Waals surface area contributed by atoms with Crippen molar-refractivity contribution in [3.8, 4) is 5.75 Å². The predicted octanol–water partition coefficient (Wildman–Crippen LogP) is -0.366. The van der Waals surface area contributed by atoms with Crippen molar-refractivity contribution in [2.24, 2.45) is 0 Å². The molecule has 0 fully saturated rings. The van der Waals surface area contributed by atoms with E-state index in [4.69, 9.17) is 15.2 Å². The summed E-state index contributed by atoms with van der Waals surface area (Å²) in [5.74, 6) is 0.149. The third-order valence-corrected chi connectivity index (χ3v) is 1.79. The second kappa shape index (κ2) is 3.60. The molecular weight excluding hydrogens is 155 g/mol. The fourth-order valence-corrected chi connectivity index (χ4v) is 1.15. The number of benzene rings is 1. The van der Waals surface area contributed by atoms with Crippen LogP contribution < -0.4 is 5.46 Å². The van der Waals surface area contributed by atoms with Gasteiger partial charge in [0, 0.05) is 0 Å². The third-order valence-electron chi connectivity index (χ3n) is 1.79. The Bertz CT molecular complexity index is 273. The molecular formula is C8H11BO3. The fourth-order valence-electron chi connectivity index (χ4n) is 1.15. The van der Waals surface area contributed by atoms with E-state index in [9.17, 15) is 0 Å². The van der Waals surface area contributed by atoms with E-state index in [1.165, 1.54) is 18.2 Å².